The molecule has 1 unspecified atom stereocenters. The molecule has 3 nitrogen and oxygen atoms in total. The molecule has 2 aromatic carbocycles. The van der Waals surface area contributed by atoms with E-state index in [4.69, 9.17) is 0 Å². The van der Waals surface area contributed by atoms with Gasteiger partial charge >= 0.3 is 0 Å². The van der Waals surface area contributed by atoms with Gasteiger partial charge in [0.25, 0.3) is 0 Å². The molecule has 3 rings (SSSR count). The van der Waals surface area contributed by atoms with Gasteiger partial charge in [0, 0.05) is 27.7 Å². The minimum absolute atomic E-state index is 0.126. The molecule has 150 valence electrons. The lowest BCUT2D eigenvalue weighted by atomic mass is 9.94. The van der Waals surface area contributed by atoms with Crippen molar-refractivity contribution in [1.82, 2.24) is 10.2 Å². The summed E-state index contributed by atoms with van der Waals surface area (Å²) in [5, 5.41) is 3.32. The van der Waals surface area contributed by atoms with E-state index in [1.165, 1.54) is 24.2 Å². The van der Waals surface area contributed by atoms with Crippen molar-refractivity contribution >= 4 is 33.6 Å². The molecule has 1 aliphatic rings. The summed E-state index contributed by atoms with van der Waals surface area (Å²) < 4.78 is 1.03. The summed E-state index contributed by atoms with van der Waals surface area (Å²) in [6.07, 6.45) is 5.94. The van der Waals surface area contributed by atoms with E-state index in [-0.39, 0.29) is 11.9 Å². The standard InChI is InChI=1S/C23H29BrN2OS/c1-26(16-17-28-21-10-6-3-7-11-21)22(18-12-14-19(24)15-13-18)23(27)25-20-8-4-2-5-9-20/h3,6-7,10-15,20,22H,2,4-5,8-9,16-17H2,1H3,(H,25,27). The minimum Gasteiger partial charge on any atom is -0.352 e. The number of likely N-dealkylation sites (N-methyl/N-ethyl adjacent to an activating group) is 1. The predicted molar refractivity (Wildman–Crippen MR) is 122 cm³/mol. The average Bonchev–Trinajstić information content (AvgIpc) is 2.71. The summed E-state index contributed by atoms with van der Waals surface area (Å²) in [5.74, 6) is 1.07. The molecule has 1 saturated carbocycles. The van der Waals surface area contributed by atoms with Crippen LogP contribution < -0.4 is 5.32 Å². The van der Waals surface area contributed by atoms with Crippen LogP contribution in [0.3, 0.4) is 0 Å². The molecular weight excluding hydrogens is 432 g/mol. The maximum absolute atomic E-state index is 13.2. The molecule has 0 aromatic heterocycles. The zero-order valence-corrected chi connectivity index (χ0v) is 18.8. The molecule has 5 heteroatoms. The van der Waals surface area contributed by atoms with Gasteiger partial charge in [0.05, 0.1) is 0 Å². The molecule has 0 heterocycles. The Hall–Kier alpha value is -1.30. The zero-order chi connectivity index (χ0) is 19.8. The average molecular weight is 461 g/mol. The smallest absolute Gasteiger partial charge is 0.242 e. The molecule has 1 aliphatic carbocycles. The number of hydrogen-bond acceptors (Lipinski definition) is 3. The molecule has 28 heavy (non-hydrogen) atoms. The van der Waals surface area contributed by atoms with Crippen LogP contribution in [0.5, 0.6) is 0 Å². The van der Waals surface area contributed by atoms with E-state index in [9.17, 15) is 4.79 Å². The van der Waals surface area contributed by atoms with Crippen molar-refractivity contribution in [2.75, 3.05) is 19.3 Å². The molecular formula is C23H29BrN2OS. The second-order valence-corrected chi connectivity index (χ2v) is 9.52. The maximum Gasteiger partial charge on any atom is 0.242 e. The van der Waals surface area contributed by atoms with Gasteiger partial charge in [-0.3, -0.25) is 9.69 Å². The van der Waals surface area contributed by atoms with Crippen LogP contribution in [0.1, 0.15) is 43.7 Å². The van der Waals surface area contributed by atoms with Crippen LogP contribution in [0.15, 0.2) is 64.0 Å². The van der Waals surface area contributed by atoms with Crippen molar-refractivity contribution in [3.8, 4) is 0 Å². The molecule has 1 amide bonds. The zero-order valence-electron chi connectivity index (χ0n) is 16.4. The molecule has 0 aliphatic heterocycles. The third kappa shape index (κ3) is 6.36. The van der Waals surface area contributed by atoms with Crippen LogP contribution in [0.25, 0.3) is 0 Å². The number of nitrogens with one attached hydrogen (secondary N) is 1. The van der Waals surface area contributed by atoms with Gasteiger partial charge in [0.2, 0.25) is 5.91 Å². The van der Waals surface area contributed by atoms with E-state index < -0.39 is 0 Å². The number of thioether (sulfide) groups is 1. The Morgan fingerprint density at radius 1 is 1.11 bits per heavy atom. The van der Waals surface area contributed by atoms with Crippen LogP contribution in [0.4, 0.5) is 0 Å². The number of rotatable bonds is 8. The number of nitrogens with zero attached hydrogens (tertiary/aromatic N) is 1. The van der Waals surface area contributed by atoms with E-state index in [1.807, 2.05) is 30.0 Å². The third-order valence-electron chi connectivity index (χ3n) is 5.28. The van der Waals surface area contributed by atoms with Crippen molar-refractivity contribution in [2.24, 2.45) is 0 Å². The van der Waals surface area contributed by atoms with E-state index in [2.05, 4.69) is 69.6 Å². The minimum atomic E-state index is -0.258. The third-order valence-corrected chi connectivity index (χ3v) is 6.80. The molecule has 0 radical (unpaired) electrons. The summed E-state index contributed by atoms with van der Waals surface area (Å²) in [6, 6.07) is 18.6. The van der Waals surface area contributed by atoms with E-state index in [0.717, 1.165) is 35.2 Å². The number of carbonyl (C=O) groups excluding carboxylic acids is 1. The van der Waals surface area contributed by atoms with Gasteiger partial charge in [-0.2, -0.15) is 0 Å². The highest BCUT2D eigenvalue weighted by Gasteiger charge is 2.27. The Balaban J connectivity index is 1.65. The number of amides is 1. The van der Waals surface area contributed by atoms with Gasteiger partial charge in [-0.1, -0.05) is 65.5 Å². The molecule has 0 saturated heterocycles. The SMILES string of the molecule is CN(CCSc1ccccc1)C(C(=O)NC1CCCCC1)c1ccc(Br)cc1. The normalized spacial score (nSPS) is 16.1. The summed E-state index contributed by atoms with van der Waals surface area (Å²) in [4.78, 5) is 16.6. The first-order chi connectivity index (χ1) is 13.6. The van der Waals surface area contributed by atoms with Gasteiger partial charge in [0.15, 0.2) is 0 Å². The van der Waals surface area contributed by atoms with Crippen molar-refractivity contribution in [1.29, 1.82) is 0 Å². The van der Waals surface area contributed by atoms with Crippen molar-refractivity contribution in [2.45, 2.75) is 49.1 Å². The molecule has 1 N–H and O–H groups in total. The first kappa shape index (κ1) is 21.4. The van der Waals surface area contributed by atoms with Crippen LogP contribution >= 0.6 is 27.7 Å². The number of hydrogen-bond donors (Lipinski definition) is 1. The summed E-state index contributed by atoms with van der Waals surface area (Å²) in [7, 11) is 2.05. The Kier molecular flexibility index (Phi) is 8.44. The maximum atomic E-state index is 13.2. The Bertz CT molecular complexity index is 732. The second-order valence-electron chi connectivity index (χ2n) is 7.44. The fourth-order valence-electron chi connectivity index (χ4n) is 3.73. The number of benzene rings is 2. The molecule has 2 aromatic rings. The van der Waals surface area contributed by atoms with E-state index >= 15 is 0 Å². The fraction of sp³-hybridized carbons (Fsp3) is 0.435. The molecule has 1 fully saturated rings. The second kappa shape index (κ2) is 11.0. The van der Waals surface area contributed by atoms with Crippen LogP contribution in [0, 0.1) is 0 Å². The quantitative estimate of drug-likeness (QED) is 0.515. The van der Waals surface area contributed by atoms with Crippen LogP contribution in [-0.4, -0.2) is 36.2 Å². The van der Waals surface area contributed by atoms with Gasteiger partial charge in [0.1, 0.15) is 6.04 Å². The summed E-state index contributed by atoms with van der Waals surface area (Å²) in [6.45, 7) is 0.846. The Labute approximate surface area is 181 Å². The van der Waals surface area contributed by atoms with Crippen LogP contribution in [0.2, 0.25) is 0 Å². The van der Waals surface area contributed by atoms with Gasteiger partial charge in [-0.05, 0) is 49.7 Å². The highest BCUT2D eigenvalue weighted by molar-refractivity contribution is 9.10. The largest absolute Gasteiger partial charge is 0.352 e. The van der Waals surface area contributed by atoms with Crippen molar-refractivity contribution in [3.05, 3.63) is 64.6 Å². The molecule has 0 bridgehead atoms. The topological polar surface area (TPSA) is 32.3 Å². The lowest BCUT2D eigenvalue weighted by Crippen LogP contribution is -2.44. The summed E-state index contributed by atoms with van der Waals surface area (Å²) >= 11 is 5.33. The van der Waals surface area contributed by atoms with Crippen molar-refractivity contribution < 1.29 is 4.79 Å². The van der Waals surface area contributed by atoms with Gasteiger partial charge < -0.3 is 5.32 Å². The lowest BCUT2D eigenvalue weighted by molar-refractivity contribution is -0.127. The summed E-state index contributed by atoms with van der Waals surface area (Å²) in [5.41, 5.74) is 1.05. The van der Waals surface area contributed by atoms with Gasteiger partial charge in [-0.25, -0.2) is 0 Å². The Morgan fingerprint density at radius 3 is 2.46 bits per heavy atom. The monoisotopic (exact) mass is 460 g/mol. The van der Waals surface area contributed by atoms with Crippen LogP contribution in [-0.2, 0) is 4.79 Å². The first-order valence-electron chi connectivity index (χ1n) is 10.1. The Morgan fingerprint density at radius 2 is 1.79 bits per heavy atom. The molecule has 1 atom stereocenters. The highest BCUT2D eigenvalue weighted by Crippen LogP contribution is 2.25. The molecule has 0 spiro atoms. The van der Waals surface area contributed by atoms with E-state index in [0.29, 0.717) is 6.04 Å². The first-order valence-corrected chi connectivity index (χ1v) is 11.9. The highest BCUT2D eigenvalue weighted by atomic mass is 79.9. The van der Waals surface area contributed by atoms with E-state index in [1.54, 1.807) is 0 Å². The van der Waals surface area contributed by atoms with Crippen molar-refractivity contribution in [3.63, 3.8) is 0 Å². The fourth-order valence-corrected chi connectivity index (χ4v) is 4.96. The number of halogens is 1. The lowest BCUT2D eigenvalue weighted by Gasteiger charge is -2.30. The van der Waals surface area contributed by atoms with Gasteiger partial charge in [-0.15, -0.1) is 11.8 Å². The predicted octanol–water partition coefficient (Wildman–Crippen LogP) is 5.66. The number of carbonyl (C=O) groups is 1.